The van der Waals surface area contributed by atoms with Crippen LogP contribution in [-0.2, 0) is 11.3 Å². The van der Waals surface area contributed by atoms with Crippen LogP contribution >= 0.6 is 11.6 Å². The summed E-state index contributed by atoms with van der Waals surface area (Å²) in [5, 5.41) is 11.4. The summed E-state index contributed by atoms with van der Waals surface area (Å²) in [6, 6.07) is 7.99. The normalized spacial score (nSPS) is 23.8. The van der Waals surface area contributed by atoms with Crippen LogP contribution in [0.3, 0.4) is 0 Å². The lowest BCUT2D eigenvalue weighted by Crippen LogP contribution is -2.42. The Kier molecular flexibility index (Phi) is 5.45. The summed E-state index contributed by atoms with van der Waals surface area (Å²) in [4.78, 5) is 19.6. The second-order valence-corrected chi connectivity index (χ2v) is 8.24. The zero-order valence-electron chi connectivity index (χ0n) is 15.6. The number of carbonyl (C=O) groups excluding carboxylic acids is 1. The number of nitrogens with one attached hydrogen (secondary N) is 2. The van der Waals surface area contributed by atoms with Crippen molar-refractivity contribution in [3.63, 3.8) is 0 Å². The number of H-pyrrole nitrogens is 1. The molecular formula is C20H26ClN5O. The van der Waals surface area contributed by atoms with Gasteiger partial charge in [-0.15, -0.1) is 0 Å². The van der Waals surface area contributed by atoms with Gasteiger partial charge in [-0.3, -0.25) is 14.8 Å². The van der Waals surface area contributed by atoms with Crippen LogP contribution in [-0.4, -0.2) is 45.1 Å². The van der Waals surface area contributed by atoms with Gasteiger partial charge in [0.05, 0.1) is 12.0 Å². The molecule has 27 heavy (non-hydrogen) atoms. The Balaban J connectivity index is 1.47. The van der Waals surface area contributed by atoms with Crippen molar-refractivity contribution in [3.05, 3.63) is 46.5 Å². The van der Waals surface area contributed by atoms with Crippen molar-refractivity contribution in [2.24, 2.45) is 5.92 Å². The molecule has 2 fully saturated rings. The fourth-order valence-corrected chi connectivity index (χ4v) is 4.41. The summed E-state index contributed by atoms with van der Waals surface area (Å²) < 4.78 is 0. The third-order valence-electron chi connectivity index (χ3n) is 5.71. The average Bonchev–Trinajstić information content (AvgIpc) is 3.38. The highest BCUT2D eigenvalue weighted by atomic mass is 35.5. The first-order valence-electron chi connectivity index (χ1n) is 9.74. The Morgan fingerprint density at radius 3 is 2.67 bits per heavy atom. The molecule has 1 saturated carbocycles. The molecule has 0 bridgehead atoms. The molecule has 0 unspecified atom stereocenters. The number of amides is 1. The third kappa shape index (κ3) is 4.33. The summed E-state index contributed by atoms with van der Waals surface area (Å²) >= 11 is 6.00. The van der Waals surface area contributed by atoms with E-state index in [0.717, 1.165) is 62.0 Å². The van der Waals surface area contributed by atoms with E-state index in [0.29, 0.717) is 0 Å². The van der Waals surface area contributed by atoms with Gasteiger partial charge < -0.3 is 5.32 Å². The molecule has 2 aromatic rings. The summed E-state index contributed by atoms with van der Waals surface area (Å²) in [7, 11) is 0. The number of aryl methyl sites for hydroxylation is 1. The summed E-state index contributed by atoms with van der Waals surface area (Å²) in [6.07, 6.45) is 4.35. The first kappa shape index (κ1) is 18.4. The summed E-state index contributed by atoms with van der Waals surface area (Å²) in [5.74, 6) is 2.07. The molecular weight excluding hydrogens is 362 g/mol. The maximum absolute atomic E-state index is 12.7. The van der Waals surface area contributed by atoms with E-state index in [2.05, 4.69) is 37.5 Å². The molecule has 6 nitrogen and oxygen atoms in total. The quantitative estimate of drug-likeness (QED) is 0.826. The van der Waals surface area contributed by atoms with Crippen LogP contribution in [0.25, 0.3) is 0 Å². The van der Waals surface area contributed by atoms with Crippen molar-refractivity contribution in [1.29, 1.82) is 0 Å². The number of likely N-dealkylation sites (tertiary alicyclic amines) is 1. The maximum atomic E-state index is 12.7. The third-order valence-corrected chi connectivity index (χ3v) is 5.97. The molecule has 2 N–H and O–H groups in total. The molecule has 4 rings (SSSR count). The molecule has 1 aromatic carbocycles. The van der Waals surface area contributed by atoms with Gasteiger partial charge in [-0.05, 0) is 37.5 Å². The van der Waals surface area contributed by atoms with Gasteiger partial charge in [0.1, 0.15) is 5.82 Å². The number of halogens is 1. The minimum atomic E-state index is 0.0422. The van der Waals surface area contributed by atoms with Crippen LogP contribution in [0.4, 0.5) is 0 Å². The van der Waals surface area contributed by atoms with Gasteiger partial charge >= 0.3 is 0 Å². The Morgan fingerprint density at radius 1 is 1.26 bits per heavy atom. The zero-order chi connectivity index (χ0) is 18.8. The lowest BCUT2D eigenvalue weighted by Gasteiger charge is -2.20. The molecule has 1 aromatic heterocycles. The molecule has 2 aliphatic rings. The number of aromatic nitrogens is 3. The van der Waals surface area contributed by atoms with E-state index in [-0.39, 0.29) is 23.8 Å². The van der Waals surface area contributed by atoms with Crippen LogP contribution in [0.2, 0.25) is 5.02 Å². The van der Waals surface area contributed by atoms with Gasteiger partial charge in [-0.25, -0.2) is 4.98 Å². The van der Waals surface area contributed by atoms with Crippen molar-refractivity contribution in [3.8, 4) is 0 Å². The average molecular weight is 388 g/mol. The smallest absolute Gasteiger partial charge is 0.223 e. The monoisotopic (exact) mass is 387 g/mol. The number of rotatable bonds is 5. The van der Waals surface area contributed by atoms with Crippen LogP contribution in [0.15, 0.2) is 24.3 Å². The second kappa shape index (κ2) is 7.98. The van der Waals surface area contributed by atoms with Crippen LogP contribution in [0.1, 0.15) is 48.8 Å². The van der Waals surface area contributed by atoms with Gasteiger partial charge in [0.2, 0.25) is 5.91 Å². The molecule has 1 amide bonds. The first-order chi connectivity index (χ1) is 13.1. The molecule has 0 spiro atoms. The minimum absolute atomic E-state index is 0.0422. The van der Waals surface area contributed by atoms with Gasteiger partial charge in [-0.2, -0.15) is 5.10 Å². The number of benzene rings is 1. The highest BCUT2D eigenvalue weighted by molar-refractivity contribution is 6.30. The summed E-state index contributed by atoms with van der Waals surface area (Å²) in [6.45, 7) is 4.37. The number of carbonyl (C=O) groups is 1. The van der Waals surface area contributed by atoms with Crippen molar-refractivity contribution in [2.75, 3.05) is 13.1 Å². The Morgan fingerprint density at radius 2 is 2.00 bits per heavy atom. The van der Waals surface area contributed by atoms with Crippen LogP contribution in [0, 0.1) is 12.8 Å². The van der Waals surface area contributed by atoms with Crippen molar-refractivity contribution >= 4 is 17.5 Å². The molecule has 2 heterocycles. The van der Waals surface area contributed by atoms with E-state index in [4.69, 9.17) is 11.6 Å². The molecule has 1 aliphatic heterocycles. The standard InChI is InChI=1S/C20H26ClN5O/c1-13-22-19(25-24-13)17-11-26(10-14-6-8-16(21)9-7-14)12-18(17)23-20(27)15-4-2-3-5-15/h6-9,15,17-18H,2-5,10-12H2,1H3,(H,23,27)(H,22,24,25)/t17-,18-/m1/s1. The molecule has 1 aliphatic carbocycles. The lowest BCUT2D eigenvalue weighted by molar-refractivity contribution is -0.125. The second-order valence-electron chi connectivity index (χ2n) is 7.80. The Hall–Kier alpha value is -1.92. The lowest BCUT2D eigenvalue weighted by atomic mass is 10.0. The van der Waals surface area contributed by atoms with Crippen molar-refractivity contribution in [2.45, 2.75) is 51.1 Å². The van der Waals surface area contributed by atoms with Crippen LogP contribution < -0.4 is 5.32 Å². The van der Waals surface area contributed by atoms with Gasteiger partial charge in [0, 0.05) is 30.6 Å². The zero-order valence-corrected chi connectivity index (χ0v) is 16.4. The van der Waals surface area contributed by atoms with Gasteiger partial charge in [0.15, 0.2) is 5.82 Å². The minimum Gasteiger partial charge on any atom is -0.351 e. The van der Waals surface area contributed by atoms with Crippen LogP contribution in [0.5, 0.6) is 0 Å². The topological polar surface area (TPSA) is 73.9 Å². The van der Waals surface area contributed by atoms with E-state index in [9.17, 15) is 4.79 Å². The Labute approximate surface area is 164 Å². The first-order valence-corrected chi connectivity index (χ1v) is 10.1. The van der Waals surface area contributed by atoms with Crippen molar-refractivity contribution in [1.82, 2.24) is 25.4 Å². The largest absolute Gasteiger partial charge is 0.351 e. The predicted octanol–water partition coefficient (Wildman–Crippen LogP) is 3.04. The molecule has 7 heteroatoms. The summed E-state index contributed by atoms with van der Waals surface area (Å²) in [5.41, 5.74) is 1.21. The van der Waals surface area contributed by atoms with Gasteiger partial charge in [0.25, 0.3) is 0 Å². The molecule has 2 atom stereocenters. The van der Waals surface area contributed by atoms with Crippen molar-refractivity contribution < 1.29 is 4.79 Å². The van der Waals surface area contributed by atoms with E-state index in [1.54, 1.807) is 0 Å². The predicted molar refractivity (Wildman–Crippen MR) is 104 cm³/mol. The fourth-order valence-electron chi connectivity index (χ4n) is 4.28. The number of nitrogens with zero attached hydrogens (tertiary/aromatic N) is 3. The van der Waals surface area contributed by atoms with E-state index < -0.39 is 0 Å². The van der Waals surface area contributed by atoms with E-state index in [1.807, 2.05) is 19.1 Å². The number of hydrogen-bond acceptors (Lipinski definition) is 4. The molecule has 0 radical (unpaired) electrons. The highest BCUT2D eigenvalue weighted by Gasteiger charge is 2.38. The highest BCUT2D eigenvalue weighted by Crippen LogP contribution is 2.29. The number of hydrogen-bond donors (Lipinski definition) is 2. The van der Waals surface area contributed by atoms with E-state index in [1.165, 1.54) is 5.56 Å². The Bertz CT molecular complexity index is 784. The number of aromatic amines is 1. The molecule has 144 valence electrons. The maximum Gasteiger partial charge on any atom is 0.223 e. The van der Waals surface area contributed by atoms with Gasteiger partial charge in [-0.1, -0.05) is 36.6 Å². The fraction of sp³-hybridized carbons (Fsp3) is 0.550. The molecule has 1 saturated heterocycles. The SMILES string of the molecule is Cc1nc([C@@H]2CN(Cc3ccc(Cl)cc3)C[C@H]2NC(=O)C2CCCC2)n[nH]1. The van der Waals surface area contributed by atoms with E-state index >= 15 is 0 Å².